The van der Waals surface area contributed by atoms with Crippen molar-refractivity contribution in [2.75, 3.05) is 0 Å². The average Bonchev–Trinajstić information content (AvgIpc) is 2.94. The molecule has 23 heavy (non-hydrogen) atoms. The highest BCUT2D eigenvalue weighted by molar-refractivity contribution is 6.06. The number of ether oxygens (including phenoxy) is 1. The third-order valence-corrected chi connectivity index (χ3v) is 3.97. The van der Waals surface area contributed by atoms with Gasteiger partial charge in [0.15, 0.2) is 5.78 Å². The number of unbranched alkanes of at least 4 members (excludes halogenated alkanes) is 3. The number of hydrogen-bond donors (Lipinski definition) is 0. The number of ketones is 1. The van der Waals surface area contributed by atoms with E-state index in [1.165, 1.54) is 0 Å². The highest BCUT2D eigenvalue weighted by atomic mass is 16.5. The highest BCUT2D eigenvalue weighted by Crippen LogP contribution is 2.18. The molecule has 0 spiro atoms. The van der Waals surface area contributed by atoms with Crippen LogP contribution in [-0.2, 0) is 14.3 Å². The highest BCUT2D eigenvalue weighted by Gasteiger charge is 2.15. The summed E-state index contributed by atoms with van der Waals surface area (Å²) in [7, 11) is 0. The van der Waals surface area contributed by atoms with Gasteiger partial charge in [0.2, 0.25) is 0 Å². The Bertz CT molecular complexity index is 458. The summed E-state index contributed by atoms with van der Waals surface area (Å²) in [4.78, 5) is 23.6. The molecule has 0 amide bonds. The Morgan fingerprint density at radius 1 is 1.35 bits per heavy atom. The minimum atomic E-state index is -0.120. The molecule has 0 aromatic heterocycles. The van der Waals surface area contributed by atoms with Crippen LogP contribution in [0.2, 0.25) is 0 Å². The van der Waals surface area contributed by atoms with Gasteiger partial charge in [0.25, 0.3) is 0 Å². The van der Waals surface area contributed by atoms with Crippen LogP contribution >= 0.6 is 0 Å². The van der Waals surface area contributed by atoms with Gasteiger partial charge in [-0.05, 0) is 50.7 Å². The average molecular weight is 318 g/mol. The first-order valence-electron chi connectivity index (χ1n) is 8.87. The number of carbonyl (C=O) groups is 2. The molecular formula is C20H30O3. The summed E-state index contributed by atoms with van der Waals surface area (Å²) >= 11 is 0. The first kappa shape index (κ1) is 19.4. The Morgan fingerprint density at radius 3 is 2.83 bits per heavy atom. The van der Waals surface area contributed by atoms with E-state index in [1.807, 2.05) is 25.2 Å². The first-order valence-corrected chi connectivity index (χ1v) is 8.87. The van der Waals surface area contributed by atoms with Crippen molar-refractivity contribution in [1.82, 2.24) is 0 Å². The van der Waals surface area contributed by atoms with Gasteiger partial charge in [0, 0.05) is 12.8 Å². The molecule has 0 N–H and O–H groups in total. The van der Waals surface area contributed by atoms with E-state index in [4.69, 9.17) is 4.74 Å². The summed E-state index contributed by atoms with van der Waals surface area (Å²) in [5.74, 6) is -0.0275. The molecule has 0 fully saturated rings. The maximum atomic E-state index is 12.0. The summed E-state index contributed by atoms with van der Waals surface area (Å²) in [5, 5.41) is 0. The van der Waals surface area contributed by atoms with Crippen LogP contribution in [0, 0.1) is 0 Å². The van der Waals surface area contributed by atoms with Crippen molar-refractivity contribution in [3.8, 4) is 0 Å². The second-order valence-corrected chi connectivity index (χ2v) is 6.00. The van der Waals surface area contributed by atoms with Gasteiger partial charge < -0.3 is 4.74 Å². The van der Waals surface area contributed by atoms with Gasteiger partial charge in [0.05, 0.1) is 0 Å². The zero-order chi connectivity index (χ0) is 16.9. The van der Waals surface area contributed by atoms with Crippen LogP contribution in [0.3, 0.4) is 0 Å². The SMILES string of the molecule is C/C=C\CCCC(=O)OC(C/C=C1\CC=CC1=O)CCCCC. The Balaban J connectivity index is 2.44. The standard InChI is InChI=1S/C20H30O3/c1-3-5-7-9-14-20(22)23-18(12-8-6-4-2)16-15-17-11-10-13-19(17)21/h3,5,10,13,15,18H,4,6-9,11-12,14,16H2,1-2H3/b5-3-,17-15+. The predicted molar refractivity (Wildman–Crippen MR) is 94.2 cm³/mol. The van der Waals surface area contributed by atoms with Crippen molar-refractivity contribution in [3.05, 3.63) is 36.0 Å². The largest absolute Gasteiger partial charge is 0.462 e. The molecule has 0 radical (unpaired) electrons. The molecule has 1 unspecified atom stereocenters. The summed E-state index contributed by atoms with van der Waals surface area (Å²) in [6.07, 6.45) is 17.2. The van der Waals surface area contributed by atoms with E-state index in [0.717, 1.165) is 44.1 Å². The third kappa shape index (κ3) is 8.53. The van der Waals surface area contributed by atoms with E-state index in [9.17, 15) is 9.59 Å². The van der Waals surface area contributed by atoms with Crippen molar-refractivity contribution in [2.45, 2.75) is 77.7 Å². The summed E-state index contributed by atoms with van der Waals surface area (Å²) in [5.41, 5.74) is 0.828. The van der Waals surface area contributed by atoms with Crippen LogP contribution in [0.4, 0.5) is 0 Å². The second kappa shape index (κ2) is 11.9. The number of esters is 1. The zero-order valence-electron chi connectivity index (χ0n) is 14.6. The molecule has 1 aliphatic carbocycles. The molecule has 0 aromatic carbocycles. The molecule has 1 atom stereocenters. The summed E-state index contributed by atoms with van der Waals surface area (Å²) in [6.45, 7) is 4.14. The van der Waals surface area contributed by atoms with Crippen LogP contribution in [0.25, 0.3) is 0 Å². The Morgan fingerprint density at radius 2 is 2.17 bits per heavy atom. The van der Waals surface area contributed by atoms with E-state index in [2.05, 4.69) is 13.0 Å². The predicted octanol–water partition coefficient (Wildman–Crippen LogP) is 5.07. The van der Waals surface area contributed by atoms with E-state index < -0.39 is 0 Å². The Hall–Kier alpha value is -1.64. The minimum Gasteiger partial charge on any atom is -0.462 e. The first-order chi connectivity index (χ1) is 11.2. The van der Waals surface area contributed by atoms with Crippen molar-refractivity contribution in [1.29, 1.82) is 0 Å². The quantitative estimate of drug-likeness (QED) is 0.231. The fraction of sp³-hybridized carbons (Fsp3) is 0.600. The lowest BCUT2D eigenvalue weighted by Gasteiger charge is -2.16. The molecule has 0 saturated carbocycles. The molecule has 1 rings (SSSR count). The monoisotopic (exact) mass is 318 g/mol. The van der Waals surface area contributed by atoms with E-state index in [0.29, 0.717) is 19.3 Å². The molecule has 3 heteroatoms. The molecule has 3 nitrogen and oxygen atoms in total. The normalized spacial score (nSPS) is 17.3. The maximum Gasteiger partial charge on any atom is 0.306 e. The topological polar surface area (TPSA) is 43.4 Å². The van der Waals surface area contributed by atoms with Gasteiger partial charge in [-0.2, -0.15) is 0 Å². The minimum absolute atomic E-state index is 0.0926. The number of hydrogen-bond acceptors (Lipinski definition) is 3. The van der Waals surface area contributed by atoms with Crippen LogP contribution < -0.4 is 0 Å². The lowest BCUT2D eigenvalue weighted by Crippen LogP contribution is -2.18. The molecule has 0 aromatic rings. The van der Waals surface area contributed by atoms with Crippen molar-refractivity contribution in [3.63, 3.8) is 0 Å². The smallest absolute Gasteiger partial charge is 0.306 e. The Kier molecular flexibility index (Phi) is 10.0. The maximum absolute atomic E-state index is 12.0. The molecule has 0 saturated heterocycles. The number of allylic oxidation sites excluding steroid dienone is 5. The lowest BCUT2D eigenvalue weighted by molar-refractivity contribution is -0.149. The Labute approximate surface area is 140 Å². The zero-order valence-corrected chi connectivity index (χ0v) is 14.6. The molecule has 0 heterocycles. The van der Waals surface area contributed by atoms with Gasteiger partial charge >= 0.3 is 5.97 Å². The van der Waals surface area contributed by atoms with Crippen molar-refractivity contribution >= 4 is 11.8 Å². The van der Waals surface area contributed by atoms with Crippen molar-refractivity contribution < 1.29 is 14.3 Å². The fourth-order valence-electron chi connectivity index (χ4n) is 2.58. The summed E-state index contributed by atoms with van der Waals surface area (Å²) in [6, 6.07) is 0. The van der Waals surface area contributed by atoms with E-state index >= 15 is 0 Å². The van der Waals surface area contributed by atoms with Crippen LogP contribution in [0.5, 0.6) is 0 Å². The third-order valence-electron chi connectivity index (χ3n) is 3.97. The van der Waals surface area contributed by atoms with Gasteiger partial charge in [0.1, 0.15) is 6.10 Å². The molecule has 0 aliphatic heterocycles. The van der Waals surface area contributed by atoms with Crippen molar-refractivity contribution in [2.24, 2.45) is 0 Å². The molecule has 128 valence electrons. The van der Waals surface area contributed by atoms with E-state index in [-0.39, 0.29) is 17.9 Å². The number of rotatable bonds is 11. The van der Waals surface area contributed by atoms with E-state index in [1.54, 1.807) is 6.08 Å². The van der Waals surface area contributed by atoms with Gasteiger partial charge in [-0.1, -0.05) is 44.1 Å². The number of carbonyl (C=O) groups excluding carboxylic acids is 2. The van der Waals surface area contributed by atoms with Crippen LogP contribution in [0.15, 0.2) is 36.0 Å². The van der Waals surface area contributed by atoms with Crippen LogP contribution in [0.1, 0.15) is 71.6 Å². The van der Waals surface area contributed by atoms with Gasteiger partial charge in [-0.15, -0.1) is 0 Å². The van der Waals surface area contributed by atoms with Crippen LogP contribution in [-0.4, -0.2) is 17.9 Å². The summed E-state index contributed by atoms with van der Waals surface area (Å²) < 4.78 is 5.63. The second-order valence-electron chi connectivity index (χ2n) is 6.00. The molecule has 1 aliphatic rings. The lowest BCUT2D eigenvalue weighted by atomic mass is 10.0. The van der Waals surface area contributed by atoms with Gasteiger partial charge in [-0.25, -0.2) is 0 Å². The fourth-order valence-corrected chi connectivity index (χ4v) is 2.58. The molecular weight excluding hydrogens is 288 g/mol. The van der Waals surface area contributed by atoms with Gasteiger partial charge in [-0.3, -0.25) is 9.59 Å². The molecule has 0 bridgehead atoms.